The van der Waals surface area contributed by atoms with E-state index in [0.29, 0.717) is 22.6 Å². The van der Waals surface area contributed by atoms with Gasteiger partial charge in [0.1, 0.15) is 11.6 Å². The fraction of sp³-hybridized carbons (Fsp3) is 0.108. The van der Waals surface area contributed by atoms with Crippen LogP contribution in [0.2, 0.25) is 0 Å². The molecule has 1 atom stereocenters. The highest BCUT2D eigenvalue weighted by Crippen LogP contribution is 2.36. The van der Waals surface area contributed by atoms with Crippen LogP contribution in [-0.2, 0) is 19.3 Å². The Morgan fingerprint density at radius 3 is 1.93 bits per heavy atom. The van der Waals surface area contributed by atoms with E-state index in [0.717, 1.165) is 39.0 Å². The van der Waals surface area contributed by atoms with Crippen molar-refractivity contribution in [2.24, 2.45) is 16.2 Å². The molecule has 0 saturated heterocycles. The van der Waals surface area contributed by atoms with Gasteiger partial charge < -0.3 is 14.6 Å². The molecule has 1 aliphatic heterocycles. The Morgan fingerprint density at radius 1 is 0.756 bits per heavy atom. The normalized spacial score (nSPS) is 14.6. The zero-order chi connectivity index (χ0) is 31.5. The SMILES string of the molecule is CC(=O)O/N=C(\C)c1ccc(N(c2ccc(C(=O)c3cccc4ccccc34)cc2)c2ccc(C3=NOC(=O)C3C)cc2)cc1. The van der Waals surface area contributed by atoms with E-state index in [9.17, 15) is 14.4 Å². The Kier molecular flexibility index (Phi) is 8.03. The monoisotopic (exact) mass is 595 g/mol. The van der Waals surface area contributed by atoms with E-state index in [-0.39, 0.29) is 11.8 Å². The van der Waals surface area contributed by atoms with Crippen molar-refractivity contribution < 1.29 is 24.1 Å². The topological polar surface area (TPSA) is 97.6 Å². The lowest BCUT2D eigenvalue weighted by Gasteiger charge is -2.26. The van der Waals surface area contributed by atoms with Crippen LogP contribution in [0.3, 0.4) is 0 Å². The Hall–Kier alpha value is -5.89. The molecular weight excluding hydrogens is 566 g/mol. The second-order valence-electron chi connectivity index (χ2n) is 10.7. The first kappa shape index (κ1) is 29.2. The highest BCUT2D eigenvalue weighted by molar-refractivity contribution is 6.16. The third kappa shape index (κ3) is 5.99. The number of benzene rings is 5. The van der Waals surface area contributed by atoms with Crippen molar-refractivity contribution in [3.8, 4) is 0 Å². The van der Waals surface area contributed by atoms with Gasteiger partial charge >= 0.3 is 11.9 Å². The summed E-state index contributed by atoms with van der Waals surface area (Å²) in [5.41, 5.74) is 6.50. The summed E-state index contributed by atoms with van der Waals surface area (Å²) in [4.78, 5) is 48.4. The molecule has 0 radical (unpaired) electrons. The molecule has 45 heavy (non-hydrogen) atoms. The molecular formula is C37H29N3O5. The van der Waals surface area contributed by atoms with Crippen molar-refractivity contribution in [1.82, 2.24) is 0 Å². The lowest BCUT2D eigenvalue weighted by Crippen LogP contribution is -2.15. The standard InChI is InChI=1S/C37H29N3O5/c1-23-35(39-45-37(23)43)28-13-19-31(20-14-28)40(30-17-11-26(12-18-30)24(2)38-44-25(3)41)32-21-15-29(16-22-32)36(42)34-10-6-8-27-7-4-5-9-33(27)34/h4-23H,1-3H3/b38-24+. The lowest BCUT2D eigenvalue weighted by atomic mass is 9.97. The van der Waals surface area contributed by atoms with Crippen LogP contribution in [0.15, 0.2) is 126 Å². The Morgan fingerprint density at radius 2 is 1.33 bits per heavy atom. The summed E-state index contributed by atoms with van der Waals surface area (Å²) < 4.78 is 0. The highest BCUT2D eigenvalue weighted by atomic mass is 16.7. The van der Waals surface area contributed by atoms with E-state index in [4.69, 9.17) is 9.68 Å². The van der Waals surface area contributed by atoms with Gasteiger partial charge in [-0.1, -0.05) is 77.0 Å². The zero-order valence-electron chi connectivity index (χ0n) is 24.9. The molecule has 5 aromatic carbocycles. The van der Waals surface area contributed by atoms with Crippen LogP contribution in [0.25, 0.3) is 10.8 Å². The summed E-state index contributed by atoms with van der Waals surface area (Å²) in [7, 11) is 0. The van der Waals surface area contributed by atoms with Gasteiger partial charge in [0.15, 0.2) is 5.78 Å². The average molecular weight is 596 g/mol. The molecule has 0 fully saturated rings. The van der Waals surface area contributed by atoms with E-state index in [1.165, 1.54) is 6.92 Å². The van der Waals surface area contributed by atoms with E-state index < -0.39 is 11.9 Å². The predicted molar refractivity (Wildman–Crippen MR) is 174 cm³/mol. The number of fused-ring (bicyclic) bond motifs is 1. The predicted octanol–water partition coefficient (Wildman–Crippen LogP) is 7.72. The fourth-order valence-corrected chi connectivity index (χ4v) is 5.27. The van der Waals surface area contributed by atoms with Gasteiger partial charge in [-0.05, 0) is 78.7 Å². The molecule has 8 heteroatoms. The van der Waals surface area contributed by atoms with Crippen molar-refractivity contribution >= 4 is 57.0 Å². The smallest absolute Gasteiger partial charge is 0.318 e. The molecule has 0 amide bonds. The minimum atomic E-state index is -0.489. The maximum absolute atomic E-state index is 13.6. The Balaban J connectivity index is 1.35. The van der Waals surface area contributed by atoms with Crippen molar-refractivity contribution in [3.63, 3.8) is 0 Å². The molecule has 1 unspecified atom stereocenters. The Bertz CT molecular complexity index is 1970. The molecule has 0 aliphatic carbocycles. The van der Waals surface area contributed by atoms with E-state index in [2.05, 4.69) is 15.2 Å². The van der Waals surface area contributed by atoms with E-state index in [1.807, 2.05) is 115 Å². The minimum Gasteiger partial charge on any atom is -0.318 e. The third-order valence-electron chi connectivity index (χ3n) is 7.70. The van der Waals surface area contributed by atoms with Crippen molar-refractivity contribution in [2.45, 2.75) is 20.8 Å². The average Bonchev–Trinajstić information content (AvgIpc) is 3.41. The molecule has 0 aromatic heterocycles. The first-order chi connectivity index (χ1) is 21.8. The van der Waals surface area contributed by atoms with Crippen LogP contribution >= 0.6 is 0 Å². The maximum atomic E-state index is 13.6. The summed E-state index contributed by atoms with van der Waals surface area (Å²) >= 11 is 0. The number of carbonyl (C=O) groups is 3. The fourth-order valence-electron chi connectivity index (χ4n) is 5.27. The maximum Gasteiger partial charge on any atom is 0.343 e. The highest BCUT2D eigenvalue weighted by Gasteiger charge is 2.29. The molecule has 8 nitrogen and oxygen atoms in total. The van der Waals surface area contributed by atoms with Gasteiger partial charge in [-0.25, -0.2) is 9.59 Å². The molecule has 6 rings (SSSR count). The number of nitrogens with zero attached hydrogens (tertiary/aromatic N) is 3. The van der Waals surface area contributed by atoms with Crippen LogP contribution in [0, 0.1) is 5.92 Å². The molecule has 222 valence electrons. The summed E-state index contributed by atoms with van der Waals surface area (Å²) in [5.74, 6) is -1.36. The van der Waals surface area contributed by atoms with Gasteiger partial charge in [0.2, 0.25) is 0 Å². The number of rotatable bonds is 8. The summed E-state index contributed by atoms with van der Waals surface area (Å²) in [6.07, 6.45) is 0. The molecule has 0 spiro atoms. The molecule has 5 aromatic rings. The number of oxime groups is 2. The van der Waals surface area contributed by atoms with Crippen LogP contribution in [0.1, 0.15) is 47.8 Å². The van der Waals surface area contributed by atoms with Crippen LogP contribution < -0.4 is 4.90 Å². The lowest BCUT2D eigenvalue weighted by molar-refractivity contribution is -0.143. The zero-order valence-corrected chi connectivity index (χ0v) is 24.9. The first-order valence-corrected chi connectivity index (χ1v) is 14.4. The third-order valence-corrected chi connectivity index (χ3v) is 7.70. The number of ketones is 1. The number of carbonyl (C=O) groups excluding carboxylic acids is 3. The number of hydrogen-bond donors (Lipinski definition) is 0. The van der Waals surface area contributed by atoms with E-state index in [1.54, 1.807) is 13.8 Å². The molecule has 0 N–H and O–H groups in total. The second kappa shape index (κ2) is 12.4. The van der Waals surface area contributed by atoms with Crippen LogP contribution in [0.5, 0.6) is 0 Å². The minimum absolute atomic E-state index is 0.0515. The number of hydrogen-bond acceptors (Lipinski definition) is 8. The van der Waals surface area contributed by atoms with Crippen molar-refractivity contribution in [3.05, 3.63) is 138 Å². The second-order valence-corrected chi connectivity index (χ2v) is 10.7. The molecule has 0 bridgehead atoms. The van der Waals surface area contributed by atoms with Gasteiger partial charge in [-0.3, -0.25) is 4.79 Å². The van der Waals surface area contributed by atoms with Gasteiger partial charge in [0.25, 0.3) is 0 Å². The van der Waals surface area contributed by atoms with Gasteiger partial charge in [-0.15, -0.1) is 0 Å². The quantitative estimate of drug-likeness (QED) is 0.0788. The van der Waals surface area contributed by atoms with Crippen LogP contribution in [0.4, 0.5) is 17.1 Å². The first-order valence-electron chi connectivity index (χ1n) is 14.4. The Labute approximate surface area is 260 Å². The van der Waals surface area contributed by atoms with Gasteiger partial charge in [-0.2, -0.15) is 0 Å². The largest absolute Gasteiger partial charge is 0.343 e. The summed E-state index contributed by atoms with van der Waals surface area (Å²) in [6.45, 7) is 4.83. The summed E-state index contributed by atoms with van der Waals surface area (Å²) in [6, 6.07) is 36.5. The molecule has 1 heterocycles. The van der Waals surface area contributed by atoms with Gasteiger partial charge in [0.05, 0.1) is 5.71 Å². The number of anilines is 3. The summed E-state index contributed by atoms with van der Waals surface area (Å²) in [5, 5.41) is 9.78. The molecule has 0 saturated carbocycles. The van der Waals surface area contributed by atoms with Crippen molar-refractivity contribution in [2.75, 3.05) is 4.90 Å². The molecule has 1 aliphatic rings. The van der Waals surface area contributed by atoms with E-state index >= 15 is 0 Å². The van der Waals surface area contributed by atoms with Crippen LogP contribution in [-0.4, -0.2) is 29.1 Å². The van der Waals surface area contributed by atoms with Gasteiger partial charge in [0, 0.05) is 40.7 Å². The van der Waals surface area contributed by atoms with Crippen molar-refractivity contribution in [1.29, 1.82) is 0 Å².